The van der Waals surface area contributed by atoms with E-state index in [0.717, 1.165) is 22.9 Å². The molecular formula is C23H22Cl2FN3O3. The Labute approximate surface area is 194 Å². The average Bonchev–Trinajstić information content (AvgIpc) is 3.23. The molecule has 0 radical (unpaired) electrons. The first-order chi connectivity index (χ1) is 15.4. The van der Waals surface area contributed by atoms with E-state index in [4.69, 9.17) is 38.1 Å². The maximum absolute atomic E-state index is 13.7. The molecule has 1 amide bonds. The number of halogens is 3. The van der Waals surface area contributed by atoms with Crippen LogP contribution in [0.5, 0.6) is 5.75 Å². The number of rotatable bonds is 6. The summed E-state index contributed by atoms with van der Waals surface area (Å²) in [6, 6.07) is 2.68. The zero-order valence-electron chi connectivity index (χ0n) is 17.5. The van der Waals surface area contributed by atoms with Crippen LogP contribution < -0.4 is 10.5 Å². The van der Waals surface area contributed by atoms with Gasteiger partial charge in [0.05, 0.1) is 23.3 Å². The van der Waals surface area contributed by atoms with Crippen molar-refractivity contribution >= 4 is 51.5 Å². The molecule has 1 aromatic carbocycles. The Hall–Kier alpha value is -2.77. The van der Waals surface area contributed by atoms with Gasteiger partial charge in [0.15, 0.2) is 11.4 Å². The minimum Gasteiger partial charge on any atom is -0.486 e. The second-order valence-electron chi connectivity index (χ2n) is 7.46. The highest BCUT2D eigenvalue weighted by molar-refractivity contribution is 6.36. The lowest BCUT2D eigenvalue weighted by Gasteiger charge is -2.26. The second kappa shape index (κ2) is 9.38. The molecule has 0 aliphatic carbocycles. The summed E-state index contributed by atoms with van der Waals surface area (Å²) in [5.74, 6) is 0.106. The number of pyridine rings is 1. The van der Waals surface area contributed by atoms with Gasteiger partial charge in [0.2, 0.25) is 11.7 Å². The molecule has 0 spiro atoms. The number of nitrogen functional groups attached to an aromatic ring is 1. The normalized spacial score (nSPS) is 14.0. The smallest absolute Gasteiger partial charge is 0.222 e. The van der Waals surface area contributed by atoms with E-state index in [1.165, 1.54) is 12.1 Å². The van der Waals surface area contributed by atoms with Crippen LogP contribution >= 0.6 is 23.2 Å². The Morgan fingerprint density at radius 3 is 2.91 bits per heavy atom. The second-order valence-corrected chi connectivity index (χ2v) is 8.24. The standard InChI is InChI=1S/C23H22Cl2FN3O3/c1-2-19(30)29-8-5-13(6-9-29)16-12-32-21-15(16)11-28-23(27)22(21)31-10-7-14-17(24)3-4-18(26)20(14)25/h3-5,11-12H,2,6-10H2,1H3,(H2,27,28). The van der Waals surface area contributed by atoms with Crippen molar-refractivity contribution in [3.8, 4) is 5.75 Å². The number of ether oxygens (including phenoxy) is 1. The summed E-state index contributed by atoms with van der Waals surface area (Å²) in [5.41, 5.74) is 8.97. The molecule has 168 valence electrons. The molecule has 32 heavy (non-hydrogen) atoms. The summed E-state index contributed by atoms with van der Waals surface area (Å²) in [7, 11) is 0. The average molecular weight is 478 g/mol. The summed E-state index contributed by atoms with van der Waals surface area (Å²) in [6.07, 6.45) is 6.84. The van der Waals surface area contributed by atoms with Crippen LogP contribution in [0, 0.1) is 5.82 Å². The monoisotopic (exact) mass is 477 g/mol. The van der Waals surface area contributed by atoms with Crippen molar-refractivity contribution in [1.29, 1.82) is 0 Å². The maximum Gasteiger partial charge on any atom is 0.222 e. The zero-order valence-corrected chi connectivity index (χ0v) is 19.0. The minimum absolute atomic E-state index is 0.0227. The summed E-state index contributed by atoms with van der Waals surface area (Å²) < 4.78 is 25.4. The molecule has 6 nitrogen and oxygen atoms in total. The number of aromatic nitrogens is 1. The van der Waals surface area contributed by atoms with E-state index in [-0.39, 0.29) is 29.8 Å². The summed E-state index contributed by atoms with van der Waals surface area (Å²) in [5, 5.41) is 1.12. The zero-order chi connectivity index (χ0) is 22.8. The van der Waals surface area contributed by atoms with Crippen molar-refractivity contribution in [2.45, 2.75) is 26.2 Å². The fourth-order valence-electron chi connectivity index (χ4n) is 3.79. The molecule has 2 N–H and O–H groups in total. The SMILES string of the molecule is CCC(=O)N1CC=C(c2coc3c(OCCc4c(Cl)ccc(F)c4Cl)c(N)ncc23)CC1. The van der Waals surface area contributed by atoms with Crippen molar-refractivity contribution in [1.82, 2.24) is 9.88 Å². The van der Waals surface area contributed by atoms with Crippen LogP contribution in [0.25, 0.3) is 16.5 Å². The fourth-order valence-corrected chi connectivity index (χ4v) is 4.35. The largest absolute Gasteiger partial charge is 0.486 e. The summed E-state index contributed by atoms with van der Waals surface area (Å²) >= 11 is 12.2. The minimum atomic E-state index is -0.537. The summed E-state index contributed by atoms with van der Waals surface area (Å²) in [4.78, 5) is 18.0. The van der Waals surface area contributed by atoms with E-state index in [0.29, 0.717) is 41.4 Å². The number of furan rings is 1. The van der Waals surface area contributed by atoms with Crippen molar-refractivity contribution in [3.63, 3.8) is 0 Å². The molecule has 0 saturated heterocycles. The summed E-state index contributed by atoms with van der Waals surface area (Å²) in [6.45, 7) is 3.24. The van der Waals surface area contributed by atoms with Gasteiger partial charge in [-0.2, -0.15) is 0 Å². The predicted octanol–water partition coefficient (Wildman–Crippen LogP) is 5.50. The van der Waals surface area contributed by atoms with E-state index < -0.39 is 5.82 Å². The van der Waals surface area contributed by atoms with Gasteiger partial charge in [0.25, 0.3) is 0 Å². The molecule has 0 fully saturated rings. The molecule has 1 aliphatic heterocycles. The molecular weight excluding hydrogens is 456 g/mol. The third-order valence-electron chi connectivity index (χ3n) is 5.55. The lowest BCUT2D eigenvalue weighted by atomic mass is 9.99. The fraction of sp³-hybridized carbons (Fsp3) is 0.304. The third kappa shape index (κ3) is 4.27. The van der Waals surface area contributed by atoms with Crippen molar-refractivity contribution < 1.29 is 18.3 Å². The van der Waals surface area contributed by atoms with E-state index in [9.17, 15) is 9.18 Å². The van der Waals surface area contributed by atoms with E-state index >= 15 is 0 Å². The van der Waals surface area contributed by atoms with Crippen LogP contribution in [-0.2, 0) is 11.2 Å². The molecule has 0 bridgehead atoms. The van der Waals surface area contributed by atoms with Crippen molar-refractivity contribution in [3.05, 3.63) is 57.7 Å². The van der Waals surface area contributed by atoms with E-state index in [1.807, 2.05) is 17.9 Å². The van der Waals surface area contributed by atoms with Crippen molar-refractivity contribution in [2.75, 3.05) is 25.4 Å². The lowest BCUT2D eigenvalue weighted by Crippen LogP contribution is -2.34. The highest BCUT2D eigenvalue weighted by Gasteiger charge is 2.22. The Balaban J connectivity index is 1.55. The van der Waals surface area contributed by atoms with Crippen LogP contribution in [0.15, 0.2) is 35.1 Å². The maximum atomic E-state index is 13.7. The van der Waals surface area contributed by atoms with Crippen LogP contribution in [0.2, 0.25) is 10.0 Å². The predicted molar refractivity (Wildman–Crippen MR) is 124 cm³/mol. The molecule has 9 heteroatoms. The molecule has 1 aliphatic rings. The molecule has 0 unspecified atom stereocenters. The molecule has 3 heterocycles. The Kier molecular flexibility index (Phi) is 6.58. The highest BCUT2D eigenvalue weighted by Crippen LogP contribution is 2.37. The number of anilines is 1. The number of benzene rings is 1. The van der Waals surface area contributed by atoms with Gasteiger partial charge < -0.3 is 19.8 Å². The lowest BCUT2D eigenvalue weighted by molar-refractivity contribution is -0.130. The first-order valence-corrected chi connectivity index (χ1v) is 11.0. The van der Waals surface area contributed by atoms with Crippen molar-refractivity contribution in [2.24, 2.45) is 0 Å². The number of hydrogen-bond donors (Lipinski definition) is 1. The first-order valence-electron chi connectivity index (χ1n) is 10.3. The molecule has 0 atom stereocenters. The van der Waals surface area contributed by atoms with Crippen LogP contribution in [0.4, 0.5) is 10.2 Å². The van der Waals surface area contributed by atoms with Gasteiger partial charge in [-0.15, -0.1) is 0 Å². The Bertz CT molecular complexity index is 1210. The van der Waals surface area contributed by atoms with Gasteiger partial charge in [-0.25, -0.2) is 9.37 Å². The third-order valence-corrected chi connectivity index (χ3v) is 6.31. The number of hydrogen-bond acceptors (Lipinski definition) is 5. The van der Waals surface area contributed by atoms with Gasteiger partial charge in [0, 0.05) is 42.7 Å². The molecule has 4 rings (SSSR count). The topological polar surface area (TPSA) is 81.6 Å². The van der Waals surface area contributed by atoms with Gasteiger partial charge >= 0.3 is 0 Å². The number of nitrogens with two attached hydrogens (primary N) is 1. The number of carbonyl (C=O) groups is 1. The molecule has 0 saturated carbocycles. The van der Waals surface area contributed by atoms with E-state index in [1.54, 1.807) is 12.5 Å². The Morgan fingerprint density at radius 2 is 2.19 bits per heavy atom. The Morgan fingerprint density at radius 1 is 1.38 bits per heavy atom. The van der Waals surface area contributed by atoms with Crippen LogP contribution in [0.1, 0.15) is 30.9 Å². The van der Waals surface area contributed by atoms with Crippen LogP contribution in [-0.4, -0.2) is 35.5 Å². The van der Waals surface area contributed by atoms with Gasteiger partial charge in [-0.05, 0) is 29.7 Å². The molecule has 3 aromatic rings. The van der Waals surface area contributed by atoms with Gasteiger partial charge in [-0.1, -0.05) is 36.2 Å². The van der Waals surface area contributed by atoms with E-state index in [2.05, 4.69) is 4.98 Å². The number of carbonyl (C=O) groups excluding carboxylic acids is 1. The number of nitrogens with zero attached hydrogens (tertiary/aromatic N) is 2. The highest BCUT2D eigenvalue weighted by atomic mass is 35.5. The first kappa shape index (κ1) is 22.4. The number of amides is 1. The van der Waals surface area contributed by atoms with Crippen LogP contribution in [0.3, 0.4) is 0 Å². The van der Waals surface area contributed by atoms with Gasteiger partial charge in [0.1, 0.15) is 5.82 Å². The number of fused-ring (bicyclic) bond motifs is 1. The molecule has 2 aromatic heterocycles. The quantitative estimate of drug-likeness (QED) is 0.473. The van der Waals surface area contributed by atoms with Gasteiger partial charge in [-0.3, -0.25) is 4.79 Å².